The van der Waals surface area contributed by atoms with Gasteiger partial charge in [0.2, 0.25) is 0 Å². The van der Waals surface area contributed by atoms with Crippen molar-refractivity contribution in [2.45, 2.75) is 12.6 Å². The number of benzene rings is 2. The fourth-order valence-corrected chi connectivity index (χ4v) is 2.88. The minimum atomic E-state index is -0.344. The molecule has 5 heteroatoms. The van der Waals surface area contributed by atoms with E-state index in [1.54, 1.807) is 12.1 Å². The van der Waals surface area contributed by atoms with E-state index >= 15 is 0 Å². The van der Waals surface area contributed by atoms with Gasteiger partial charge in [-0.05, 0) is 17.7 Å². The summed E-state index contributed by atoms with van der Waals surface area (Å²) >= 11 is 0. The Bertz CT molecular complexity index is 855. The number of nitrogens with one attached hydrogen (secondary N) is 1. The van der Waals surface area contributed by atoms with E-state index in [2.05, 4.69) is 24.0 Å². The SMILES string of the molecule is C=C[C@@H](CNCc1ccccc1)n1ccc2c([N+](=O)[O-])cccc21. The third-order valence-corrected chi connectivity index (χ3v) is 4.09. The molecular formula is C19H19N3O2. The Balaban J connectivity index is 1.78. The highest BCUT2D eigenvalue weighted by Gasteiger charge is 2.16. The first-order valence-corrected chi connectivity index (χ1v) is 7.82. The molecule has 0 saturated carbocycles. The Morgan fingerprint density at radius 3 is 2.67 bits per heavy atom. The molecular weight excluding hydrogens is 302 g/mol. The van der Waals surface area contributed by atoms with Crippen LogP contribution in [0.3, 0.4) is 0 Å². The van der Waals surface area contributed by atoms with Gasteiger partial charge in [0.1, 0.15) is 0 Å². The molecule has 0 unspecified atom stereocenters. The van der Waals surface area contributed by atoms with Crippen LogP contribution in [-0.2, 0) is 6.54 Å². The van der Waals surface area contributed by atoms with Crippen LogP contribution in [0.4, 0.5) is 5.69 Å². The zero-order valence-corrected chi connectivity index (χ0v) is 13.3. The first kappa shape index (κ1) is 16.0. The molecule has 122 valence electrons. The fourth-order valence-electron chi connectivity index (χ4n) is 2.88. The standard InChI is InChI=1S/C19H19N3O2/c1-2-16(14-20-13-15-7-4-3-5-8-15)21-12-11-17-18(21)9-6-10-19(17)22(23)24/h2-12,16,20H,1,13-14H2/t16-/m0/s1. The molecule has 0 fully saturated rings. The first-order chi connectivity index (χ1) is 11.7. The molecule has 0 amide bonds. The third-order valence-electron chi connectivity index (χ3n) is 4.09. The van der Waals surface area contributed by atoms with Crippen molar-refractivity contribution in [3.05, 3.63) is 89.1 Å². The molecule has 24 heavy (non-hydrogen) atoms. The van der Waals surface area contributed by atoms with E-state index in [1.165, 1.54) is 11.6 Å². The van der Waals surface area contributed by atoms with Gasteiger partial charge in [-0.25, -0.2) is 0 Å². The summed E-state index contributed by atoms with van der Waals surface area (Å²) in [6.45, 7) is 5.38. The van der Waals surface area contributed by atoms with Gasteiger partial charge in [0.25, 0.3) is 5.69 Å². The molecule has 0 saturated heterocycles. The monoisotopic (exact) mass is 321 g/mol. The quantitative estimate of drug-likeness (QED) is 0.405. The summed E-state index contributed by atoms with van der Waals surface area (Å²) in [5.74, 6) is 0. The lowest BCUT2D eigenvalue weighted by molar-refractivity contribution is -0.383. The Kier molecular flexibility index (Phi) is 4.72. The molecule has 1 atom stereocenters. The summed E-state index contributed by atoms with van der Waals surface area (Å²) in [6.07, 6.45) is 3.74. The van der Waals surface area contributed by atoms with Crippen molar-refractivity contribution in [3.63, 3.8) is 0 Å². The van der Waals surface area contributed by atoms with Gasteiger partial charge in [-0.15, -0.1) is 6.58 Å². The molecule has 0 bridgehead atoms. The maximum atomic E-state index is 11.2. The minimum Gasteiger partial charge on any atom is -0.339 e. The Morgan fingerprint density at radius 1 is 1.17 bits per heavy atom. The largest absolute Gasteiger partial charge is 0.339 e. The highest BCUT2D eigenvalue weighted by atomic mass is 16.6. The summed E-state index contributed by atoms with van der Waals surface area (Å²) < 4.78 is 2.02. The van der Waals surface area contributed by atoms with Crippen LogP contribution in [0.2, 0.25) is 0 Å². The lowest BCUT2D eigenvalue weighted by atomic mass is 10.2. The highest BCUT2D eigenvalue weighted by Crippen LogP contribution is 2.28. The van der Waals surface area contributed by atoms with Crippen LogP contribution in [0.15, 0.2) is 73.4 Å². The van der Waals surface area contributed by atoms with E-state index in [4.69, 9.17) is 0 Å². The van der Waals surface area contributed by atoms with Crippen molar-refractivity contribution in [3.8, 4) is 0 Å². The van der Waals surface area contributed by atoms with Gasteiger partial charge < -0.3 is 9.88 Å². The zero-order chi connectivity index (χ0) is 16.9. The first-order valence-electron chi connectivity index (χ1n) is 7.82. The average Bonchev–Trinajstić information content (AvgIpc) is 3.03. The van der Waals surface area contributed by atoms with E-state index in [0.717, 1.165) is 12.1 Å². The Labute approximate surface area is 140 Å². The highest BCUT2D eigenvalue weighted by molar-refractivity contribution is 5.89. The lowest BCUT2D eigenvalue weighted by Gasteiger charge is -2.17. The van der Waals surface area contributed by atoms with Crippen molar-refractivity contribution in [1.29, 1.82) is 0 Å². The smallest absolute Gasteiger partial charge is 0.278 e. The number of nitro groups is 1. The maximum Gasteiger partial charge on any atom is 0.278 e. The molecule has 0 aliphatic rings. The van der Waals surface area contributed by atoms with E-state index in [0.29, 0.717) is 11.9 Å². The topological polar surface area (TPSA) is 60.1 Å². The predicted molar refractivity (Wildman–Crippen MR) is 96.0 cm³/mol. The molecule has 3 aromatic rings. The number of non-ortho nitro benzene ring substituents is 1. The Hall–Kier alpha value is -2.92. The summed E-state index contributed by atoms with van der Waals surface area (Å²) in [4.78, 5) is 10.8. The average molecular weight is 321 g/mol. The third kappa shape index (κ3) is 3.21. The predicted octanol–water partition coefficient (Wildman–Crippen LogP) is 4.07. The van der Waals surface area contributed by atoms with Gasteiger partial charge >= 0.3 is 0 Å². The van der Waals surface area contributed by atoms with Crippen molar-refractivity contribution >= 4 is 16.6 Å². The van der Waals surface area contributed by atoms with E-state index in [9.17, 15) is 10.1 Å². The zero-order valence-electron chi connectivity index (χ0n) is 13.3. The van der Waals surface area contributed by atoms with Gasteiger partial charge in [-0.1, -0.05) is 42.5 Å². The maximum absolute atomic E-state index is 11.2. The van der Waals surface area contributed by atoms with E-state index in [1.807, 2.05) is 41.1 Å². The van der Waals surface area contributed by atoms with Crippen molar-refractivity contribution in [1.82, 2.24) is 9.88 Å². The van der Waals surface area contributed by atoms with Gasteiger partial charge in [0.05, 0.1) is 21.9 Å². The summed E-state index contributed by atoms with van der Waals surface area (Å²) in [6, 6.07) is 17.1. The normalized spacial score (nSPS) is 12.2. The fraction of sp³-hybridized carbons (Fsp3) is 0.158. The number of hydrogen-bond acceptors (Lipinski definition) is 3. The number of aromatic nitrogens is 1. The number of fused-ring (bicyclic) bond motifs is 1. The molecule has 3 rings (SSSR count). The second kappa shape index (κ2) is 7.10. The summed E-state index contributed by atoms with van der Waals surface area (Å²) in [5, 5.41) is 15.2. The summed E-state index contributed by atoms with van der Waals surface area (Å²) in [7, 11) is 0. The molecule has 1 heterocycles. The minimum absolute atomic E-state index is 0.0215. The van der Waals surface area contributed by atoms with Gasteiger partial charge in [-0.3, -0.25) is 10.1 Å². The second-order valence-electron chi connectivity index (χ2n) is 5.61. The molecule has 1 N–H and O–H groups in total. The van der Waals surface area contributed by atoms with Crippen LogP contribution in [0.1, 0.15) is 11.6 Å². The number of nitro benzene ring substituents is 1. The van der Waals surface area contributed by atoms with Crippen molar-refractivity contribution in [2.24, 2.45) is 0 Å². The van der Waals surface area contributed by atoms with Crippen LogP contribution < -0.4 is 5.32 Å². The van der Waals surface area contributed by atoms with Crippen LogP contribution in [0.25, 0.3) is 10.9 Å². The molecule has 1 aromatic heterocycles. The Morgan fingerprint density at radius 2 is 1.96 bits per heavy atom. The molecule has 0 aliphatic carbocycles. The van der Waals surface area contributed by atoms with Gasteiger partial charge in [-0.2, -0.15) is 0 Å². The summed E-state index contributed by atoms with van der Waals surface area (Å²) in [5.41, 5.74) is 2.19. The van der Waals surface area contributed by atoms with Crippen molar-refractivity contribution < 1.29 is 4.92 Å². The van der Waals surface area contributed by atoms with E-state index < -0.39 is 0 Å². The molecule has 0 aliphatic heterocycles. The number of rotatable bonds is 7. The van der Waals surface area contributed by atoms with Crippen LogP contribution in [-0.4, -0.2) is 16.0 Å². The molecule has 0 spiro atoms. The molecule has 0 radical (unpaired) electrons. The van der Waals surface area contributed by atoms with E-state index in [-0.39, 0.29) is 16.7 Å². The van der Waals surface area contributed by atoms with Gasteiger partial charge in [0, 0.05) is 25.4 Å². The molecule has 5 nitrogen and oxygen atoms in total. The second-order valence-corrected chi connectivity index (χ2v) is 5.61. The van der Waals surface area contributed by atoms with Gasteiger partial charge in [0.15, 0.2) is 0 Å². The lowest BCUT2D eigenvalue weighted by Crippen LogP contribution is -2.23. The number of hydrogen-bond donors (Lipinski definition) is 1. The van der Waals surface area contributed by atoms with Crippen LogP contribution in [0.5, 0.6) is 0 Å². The van der Waals surface area contributed by atoms with Crippen LogP contribution in [0, 0.1) is 10.1 Å². The molecule has 2 aromatic carbocycles. The van der Waals surface area contributed by atoms with Crippen molar-refractivity contribution in [2.75, 3.05) is 6.54 Å². The number of nitrogens with zero attached hydrogens (tertiary/aromatic N) is 2. The van der Waals surface area contributed by atoms with Crippen LogP contribution >= 0.6 is 0 Å².